The molecule has 4 aromatic rings. The Morgan fingerprint density at radius 2 is 2.12 bits per heavy atom. The van der Waals surface area contributed by atoms with Gasteiger partial charge in [-0.3, -0.25) is 14.2 Å². The number of carbonyl (C=O) groups is 1. The Labute approximate surface area is 156 Å². The molecule has 0 aliphatic heterocycles. The van der Waals surface area contributed by atoms with Crippen LogP contribution in [0.4, 0.5) is 4.39 Å². The first-order valence-corrected chi connectivity index (χ1v) is 9.55. The first-order valence-electron chi connectivity index (χ1n) is 7.85. The number of fused-ring (bicyclic) bond motifs is 1. The zero-order valence-corrected chi connectivity index (χ0v) is 15.4. The van der Waals surface area contributed by atoms with Gasteiger partial charge in [-0.15, -0.1) is 22.7 Å². The maximum atomic E-state index is 13.3. The normalized spacial score (nSPS) is 11.2. The minimum absolute atomic E-state index is 0.177. The van der Waals surface area contributed by atoms with Gasteiger partial charge in [0, 0.05) is 26.3 Å². The Morgan fingerprint density at radius 3 is 2.85 bits per heavy atom. The molecule has 0 saturated carbocycles. The number of Topliss-reactive ketones (excluding diaryl/α,β-unsaturated/α-hetero) is 1. The summed E-state index contributed by atoms with van der Waals surface area (Å²) in [6.07, 6.45) is 1.38. The van der Waals surface area contributed by atoms with E-state index in [2.05, 4.69) is 4.98 Å². The molecule has 0 atom stereocenters. The molecule has 0 radical (unpaired) electrons. The van der Waals surface area contributed by atoms with E-state index in [9.17, 15) is 14.0 Å². The molecular weight excluding hydrogens is 371 g/mol. The van der Waals surface area contributed by atoms with E-state index in [1.165, 1.54) is 46.5 Å². The van der Waals surface area contributed by atoms with Gasteiger partial charge in [0.05, 0.1) is 18.3 Å². The number of ketones is 1. The highest BCUT2D eigenvalue weighted by atomic mass is 32.1. The molecule has 130 valence electrons. The lowest BCUT2D eigenvalue weighted by molar-refractivity contribution is 0.0970. The van der Waals surface area contributed by atoms with Crippen LogP contribution in [-0.4, -0.2) is 15.3 Å². The number of halogens is 1. The fourth-order valence-corrected chi connectivity index (χ4v) is 4.61. The molecule has 3 aromatic heterocycles. The SMILES string of the molecule is Cc1ccc(-c2csc3ncn(CC(=O)c4cccc(F)c4)c(=O)c23)s1. The number of carbonyl (C=O) groups excluding carboxylic acids is 1. The Hall–Kier alpha value is -2.64. The van der Waals surface area contributed by atoms with Crippen LogP contribution < -0.4 is 5.56 Å². The van der Waals surface area contributed by atoms with E-state index in [0.29, 0.717) is 10.2 Å². The van der Waals surface area contributed by atoms with Crippen molar-refractivity contribution in [3.05, 3.63) is 74.7 Å². The van der Waals surface area contributed by atoms with Crippen LogP contribution in [0.3, 0.4) is 0 Å². The van der Waals surface area contributed by atoms with Crippen LogP contribution in [0.15, 0.2) is 52.9 Å². The average molecular weight is 384 g/mol. The molecule has 0 N–H and O–H groups in total. The predicted octanol–water partition coefficient (Wildman–Crippen LogP) is 4.52. The van der Waals surface area contributed by atoms with Crippen LogP contribution >= 0.6 is 22.7 Å². The van der Waals surface area contributed by atoms with Gasteiger partial charge >= 0.3 is 0 Å². The van der Waals surface area contributed by atoms with Crippen molar-refractivity contribution in [1.82, 2.24) is 9.55 Å². The topological polar surface area (TPSA) is 52.0 Å². The first kappa shape index (κ1) is 16.8. The third kappa shape index (κ3) is 3.00. The van der Waals surface area contributed by atoms with E-state index in [-0.39, 0.29) is 23.5 Å². The first-order chi connectivity index (χ1) is 12.5. The molecule has 0 unspecified atom stereocenters. The van der Waals surface area contributed by atoms with Crippen molar-refractivity contribution in [1.29, 1.82) is 0 Å². The standard InChI is InChI=1S/C19H13FN2O2S2/c1-11-5-6-16(26-11)14-9-25-18-17(14)19(24)22(10-21-18)8-15(23)12-3-2-4-13(20)7-12/h2-7,9-10H,8H2,1H3. The number of aromatic nitrogens is 2. The summed E-state index contributed by atoms with van der Waals surface area (Å²) >= 11 is 3.02. The third-order valence-electron chi connectivity index (χ3n) is 4.03. The van der Waals surface area contributed by atoms with Crippen LogP contribution in [0.25, 0.3) is 20.7 Å². The molecule has 0 amide bonds. The van der Waals surface area contributed by atoms with Crippen LogP contribution in [0.5, 0.6) is 0 Å². The summed E-state index contributed by atoms with van der Waals surface area (Å²) in [5, 5.41) is 2.44. The number of benzene rings is 1. The van der Waals surface area contributed by atoms with Crippen molar-refractivity contribution < 1.29 is 9.18 Å². The molecule has 7 heteroatoms. The van der Waals surface area contributed by atoms with Gasteiger partial charge in [0.1, 0.15) is 10.6 Å². The summed E-state index contributed by atoms with van der Waals surface area (Å²) in [5.41, 5.74) is 0.812. The molecule has 4 rings (SSSR count). The van der Waals surface area contributed by atoms with Crippen molar-refractivity contribution in [3.63, 3.8) is 0 Å². The highest BCUT2D eigenvalue weighted by Gasteiger charge is 2.16. The summed E-state index contributed by atoms with van der Waals surface area (Å²) < 4.78 is 14.6. The minimum atomic E-state index is -0.482. The summed E-state index contributed by atoms with van der Waals surface area (Å²) in [6, 6.07) is 9.44. The van der Waals surface area contributed by atoms with Crippen molar-refractivity contribution in [2.75, 3.05) is 0 Å². The third-order valence-corrected chi connectivity index (χ3v) is 5.95. The maximum Gasteiger partial charge on any atom is 0.263 e. The summed E-state index contributed by atoms with van der Waals surface area (Å²) in [4.78, 5) is 32.5. The van der Waals surface area contributed by atoms with E-state index >= 15 is 0 Å². The van der Waals surface area contributed by atoms with Crippen LogP contribution in [-0.2, 0) is 6.54 Å². The van der Waals surface area contributed by atoms with Crippen LogP contribution in [0.2, 0.25) is 0 Å². The van der Waals surface area contributed by atoms with Crippen molar-refractivity contribution >= 4 is 38.7 Å². The molecule has 0 aliphatic carbocycles. The van der Waals surface area contributed by atoms with E-state index < -0.39 is 5.82 Å². The molecule has 0 fully saturated rings. The van der Waals surface area contributed by atoms with Gasteiger partial charge in [0.25, 0.3) is 5.56 Å². The van der Waals surface area contributed by atoms with Crippen LogP contribution in [0.1, 0.15) is 15.2 Å². The Balaban J connectivity index is 1.76. The second-order valence-corrected chi connectivity index (χ2v) is 8.00. The smallest absolute Gasteiger partial charge is 0.263 e. The van der Waals surface area contributed by atoms with Crippen molar-refractivity contribution in [2.45, 2.75) is 13.5 Å². The van der Waals surface area contributed by atoms with Gasteiger partial charge in [-0.1, -0.05) is 12.1 Å². The molecule has 0 bridgehead atoms. The summed E-state index contributed by atoms with van der Waals surface area (Å²) in [5.74, 6) is -0.818. The van der Waals surface area contributed by atoms with Crippen molar-refractivity contribution in [3.8, 4) is 10.4 Å². The van der Waals surface area contributed by atoms with Gasteiger partial charge in [-0.25, -0.2) is 9.37 Å². The van der Waals surface area contributed by atoms with E-state index in [1.54, 1.807) is 11.3 Å². The minimum Gasteiger partial charge on any atom is -0.292 e. The van der Waals surface area contributed by atoms with Gasteiger partial charge in [-0.2, -0.15) is 0 Å². The number of thiophene rings is 2. The van der Waals surface area contributed by atoms with E-state index in [4.69, 9.17) is 0 Å². The molecule has 0 spiro atoms. The molecule has 0 saturated heterocycles. The average Bonchev–Trinajstić information content (AvgIpc) is 3.23. The van der Waals surface area contributed by atoms with E-state index in [1.807, 2.05) is 24.4 Å². The number of nitrogens with zero attached hydrogens (tertiary/aromatic N) is 2. The predicted molar refractivity (Wildman–Crippen MR) is 103 cm³/mol. The van der Waals surface area contributed by atoms with Crippen molar-refractivity contribution in [2.24, 2.45) is 0 Å². The fourth-order valence-electron chi connectivity index (χ4n) is 2.75. The fraction of sp³-hybridized carbons (Fsp3) is 0.105. The molecule has 1 aromatic carbocycles. The highest BCUT2D eigenvalue weighted by Crippen LogP contribution is 2.34. The largest absolute Gasteiger partial charge is 0.292 e. The lowest BCUT2D eigenvalue weighted by Crippen LogP contribution is -2.24. The molecular formula is C19H13FN2O2S2. The monoisotopic (exact) mass is 384 g/mol. The van der Waals surface area contributed by atoms with Gasteiger partial charge in [0.15, 0.2) is 5.78 Å². The Bertz CT molecular complexity index is 1190. The number of aryl methyl sites for hydroxylation is 1. The molecule has 0 aliphatic rings. The summed E-state index contributed by atoms with van der Waals surface area (Å²) in [7, 11) is 0. The molecule has 26 heavy (non-hydrogen) atoms. The quantitative estimate of drug-likeness (QED) is 0.486. The molecule has 4 nitrogen and oxygen atoms in total. The van der Waals surface area contributed by atoms with Crippen LogP contribution in [0, 0.1) is 12.7 Å². The lowest BCUT2D eigenvalue weighted by Gasteiger charge is -2.05. The van der Waals surface area contributed by atoms with Gasteiger partial charge in [0.2, 0.25) is 0 Å². The number of hydrogen-bond acceptors (Lipinski definition) is 5. The maximum absolute atomic E-state index is 13.3. The highest BCUT2D eigenvalue weighted by molar-refractivity contribution is 7.19. The van der Waals surface area contributed by atoms with Gasteiger partial charge in [-0.05, 0) is 31.2 Å². The van der Waals surface area contributed by atoms with E-state index in [0.717, 1.165) is 15.3 Å². The zero-order chi connectivity index (χ0) is 18.3. The summed E-state index contributed by atoms with van der Waals surface area (Å²) in [6.45, 7) is 1.83. The second kappa shape index (κ2) is 6.59. The molecule has 3 heterocycles. The second-order valence-electron chi connectivity index (χ2n) is 5.85. The Kier molecular flexibility index (Phi) is 4.26. The lowest BCUT2D eigenvalue weighted by atomic mass is 10.1. The Morgan fingerprint density at radius 1 is 1.27 bits per heavy atom. The number of rotatable bonds is 4. The zero-order valence-electron chi connectivity index (χ0n) is 13.7. The number of hydrogen-bond donors (Lipinski definition) is 0. The van der Waals surface area contributed by atoms with Gasteiger partial charge < -0.3 is 0 Å².